The molecule has 0 saturated carbocycles. The van der Waals surface area contributed by atoms with Crippen LogP contribution in [0.15, 0.2) is 30.9 Å². The summed E-state index contributed by atoms with van der Waals surface area (Å²) in [7, 11) is 0. The Hall–Kier alpha value is -1.84. The molecule has 0 aliphatic rings. The van der Waals surface area contributed by atoms with Gasteiger partial charge in [-0.05, 0) is 36.6 Å². The smallest absolute Gasteiger partial charge is 0.325 e. The summed E-state index contributed by atoms with van der Waals surface area (Å²) in [4.78, 5) is 10.9. The maximum absolute atomic E-state index is 13.4. The minimum Gasteiger partial charge on any atom is -0.480 e. The lowest BCUT2D eigenvalue weighted by atomic mass is 9.87. The van der Waals surface area contributed by atoms with E-state index < -0.39 is 12.0 Å². The number of hydrogen-bond acceptors (Lipinski definition) is 2. The standard InChI is InChI=1S/C15H20FNO2/c1-5-12(9(2)3)13-8-11(16)6-7-14(13)17-10(4)15(18)19/h5-10,12,17H,1H2,2-4H3,(H,18,19). The molecule has 1 rings (SSSR count). The zero-order valence-electron chi connectivity index (χ0n) is 11.5. The molecule has 0 aromatic heterocycles. The van der Waals surface area contributed by atoms with Gasteiger partial charge in [-0.15, -0.1) is 6.58 Å². The number of nitrogens with one attached hydrogen (secondary N) is 1. The first-order valence-electron chi connectivity index (χ1n) is 6.28. The van der Waals surface area contributed by atoms with Crippen LogP contribution in [0.1, 0.15) is 32.3 Å². The maximum Gasteiger partial charge on any atom is 0.325 e. The zero-order chi connectivity index (χ0) is 14.6. The quantitative estimate of drug-likeness (QED) is 0.772. The second-order valence-electron chi connectivity index (χ2n) is 4.94. The average Bonchev–Trinajstić information content (AvgIpc) is 2.32. The van der Waals surface area contributed by atoms with Gasteiger partial charge in [0.1, 0.15) is 11.9 Å². The second kappa shape index (κ2) is 6.36. The highest BCUT2D eigenvalue weighted by Gasteiger charge is 2.19. The first-order valence-corrected chi connectivity index (χ1v) is 6.28. The van der Waals surface area contributed by atoms with Gasteiger partial charge in [0, 0.05) is 11.6 Å². The van der Waals surface area contributed by atoms with Crippen molar-refractivity contribution in [2.24, 2.45) is 5.92 Å². The summed E-state index contributed by atoms with van der Waals surface area (Å²) in [6.07, 6.45) is 1.76. The van der Waals surface area contributed by atoms with E-state index >= 15 is 0 Å². The molecule has 2 atom stereocenters. The van der Waals surface area contributed by atoms with Crippen molar-refractivity contribution in [1.82, 2.24) is 0 Å². The first-order chi connectivity index (χ1) is 8.86. The predicted molar refractivity (Wildman–Crippen MR) is 74.9 cm³/mol. The van der Waals surface area contributed by atoms with E-state index in [1.165, 1.54) is 12.1 Å². The van der Waals surface area contributed by atoms with Crippen molar-refractivity contribution in [3.63, 3.8) is 0 Å². The zero-order valence-corrected chi connectivity index (χ0v) is 11.5. The second-order valence-corrected chi connectivity index (χ2v) is 4.94. The molecule has 0 bridgehead atoms. The van der Waals surface area contributed by atoms with Crippen molar-refractivity contribution in [3.8, 4) is 0 Å². The summed E-state index contributed by atoms with van der Waals surface area (Å²) in [5, 5.41) is 11.8. The van der Waals surface area contributed by atoms with E-state index in [2.05, 4.69) is 11.9 Å². The van der Waals surface area contributed by atoms with Crippen LogP contribution in [0, 0.1) is 11.7 Å². The SMILES string of the molecule is C=CC(c1cc(F)ccc1NC(C)C(=O)O)C(C)C. The molecule has 0 aliphatic carbocycles. The fourth-order valence-electron chi connectivity index (χ4n) is 1.99. The van der Waals surface area contributed by atoms with Gasteiger partial charge in [0.25, 0.3) is 0 Å². The summed E-state index contributed by atoms with van der Waals surface area (Å²) >= 11 is 0. The maximum atomic E-state index is 13.4. The van der Waals surface area contributed by atoms with Crippen molar-refractivity contribution in [2.45, 2.75) is 32.7 Å². The van der Waals surface area contributed by atoms with E-state index in [4.69, 9.17) is 5.11 Å². The van der Waals surface area contributed by atoms with Crippen LogP contribution < -0.4 is 5.32 Å². The minimum atomic E-state index is -0.949. The summed E-state index contributed by atoms with van der Waals surface area (Å²) in [6, 6.07) is 3.59. The van der Waals surface area contributed by atoms with Gasteiger partial charge in [-0.3, -0.25) is 4.79 Å². The number of benzene rings is 1. The number of carboxylic acids is 1. The van der Waals surface area contributed by atoms with Crippen LogP contribution in [-0.4, -0.2) is 17.1 Å². The van der Waals surface area contributed by atoms with Gasteiger partial charge in [0.15, 0.2) is 0 Å². The molecular formula is C15H20FNO2. The van der Waals surface area contributed by atoms with Crippen molar-refractivity contribution in [3.05, 3.63) is 42.2 Å². The first kappa shape index (κ1) is 15.2. The molecule has 4 heteroatoms. The van der Waals surface area contributed by atoms with Crippen LogP contribution in [0.25, 0.3) is 0 Å². The van der Waals surface area contributed by atoms with E-state index in [1.54, 1.807) is 19.1 Å². The van der Waals surface area contributed by atoms with E-state index in [1.807, 2.05) is 13.8 Å². The molecule has 0 heterocycles. The van der Waals surface area contributed by atoms with Gasteiger partial charge < -0.3 is 10.4 Å². The molecule has 2 unspecified atom stereocenters. The average molecular weight is 265 g/mol. The van der Waals surface area contributed by atoms with Crippen molar-refractivity contribution in [2.75, 3.05) is 5.32 Å². The highest BCUT2D eigenvalue weighted by Crippen LogP contribution is 2.32. The number of aliphatic carboxylic acids is 1. The van der Waals surface area contributed by atoms with E-state index in [0.717, 1.165) is 5.56 Å². The fraction of sp³-hybridized carbons (Fsp3) is 0.400. The molecule has 104 valence electrons. The van der Waals surface area contributed by atoms with E-state index in [-0.39, 0.29) is 17.7 Å². The monoisotopic (exact) mass is 265 g/mol. The number of hydrogen-bond donors (Lipinski definition) is 2. The van der Waals surface area contributed by atoms with Crippen molar-refractivity contribution >= 4 is 11.7 Å². The Kier molecular flexibility index (Phi) is 5.10. The Bertz CT molecular complexity index is 471. The topological polar surface area (TPSA) is 49.3 Å². The highest BCUT2D eigenvalue weighted by molar-refractivity contribution is 5.77. The van der Waals surface area contributed by atoms with Crippen molar-refractivity contribution < 1.29 is 14.3 Å². The molecule has 2 N–H and O–H groups in total. The van der Waals surface area contributed by atoms with Crippen LogP contribution in [0.3, 0.4) is 0 Å². The largest absolute Gasteiger partial charge is 0.480 e. The summed E-state index contributed by atoms with van der Waals surface area (Å²) in [5.41, 5.74) is 1.37. The lowest BCUT2D eigenvalue weighted by Gasteiger charge is -2.22. The fourth-order valence-corrected chi connectivity index (χ4v) is 1.99. The molecule has 1 aromatic carbocycles. The van der Waals surface area contributed by atoms with Gasteiger partial charge in [0.05, 0.1) is 0 Å². The molecule has 1 aromatic rings. The molecule has 0 radical (unpaired) electrons. The van der Waals surface area contributed by atoms with Gasteiger partial charge in [-0.25, -0.2) is 4.39 Å². The van der Waals surface area contributed by atoms with Crippen molar-refractivity contribution in [1.29, 1.82) is 0 Å². The molecule has 0 spiro atoms. The molecule has 0 saturated heterocycles. The molecular weight excluding hydrogens is 245 g/mol. The number of anilines is 1. The number of carboxylic acid groups (broad SMARTS) is 1. The Morgan fingerprint density at radius 3 is 2.53 bits per heavy atom. The Labute approximate surface area is 113 Å². The lowest BCUT2D eigenvalue weighted by Crippen LogP contribution is -2.26. The van der Waals surface area contributed by atoms with E-state index in [0.29, 0.717) is 5.69 Å². The van der Waals surface area contributed by atoms with E-state index in [9.17, 15) is 9.18 Å². The number of carbonyl (C=O) groups is 1. The van der Waals surface area contributed by atoms with Gasteiger partial charge in [-0.1, -0.05) is 19.9 Å². The Morgan fingerprint density at radius 2 is 2.05 bits per heavy atom. The third kappa shape index (κ3) is 3.81. The normalized spacial score (nSPS) is 13.9. The van der Waals surface area contributed by atoms with Crippen LogP contribution in [0.5, 0.6) is 0 Å². The van der Waals surface area contributed by atoms with Crippen LogP contribution in [0.2, 0.25) is 0 Å². The number of allylic oxidation sites excluding steroid dienone is 1. The molecule has 3 nitrogen and oxygen atoms in total. The van der Waals surface area contributed by atoms with Crippen LogP contribution in [-0.2, 0) is 4.79 Å². The van der Waals surface area contributed by atoms with Gasteiger partial charge >= 0.3 is 5.97 Å². The summed E-state index contributed by atoms with van der Waals surface area (Å²) in [5.74, 6) is -1.06. The van der Waals surface area contributed by atoms with Crippen LogP contribution in [0.4, 0.5) is 10.1 Å². The third-order valence-corrected chi connectivity index (χ3v) is 3.09. The molecule has 0 aliphatic heterocycles. The molecule has 0 amide bonds. The highest BCUT2D eigenvalue weighted by atomic mass is 19.1. The number of halogens is 1. The summed E-state index contributed by atoms with van der Waals surface area (Å²) < 4.78 is 13.4. The van der Waals surface area contributed by atoms with Gasteiger partial charge in [-0.2, -0.15) is 0 Å². The Balaban J connectivity index is 3.17. The number of rotatable bonds is 6. The Morgan fingerprint density at radius 1 is 1.42 bits per heavy atom. The minimum absolute atomic E-state index is 0.0285. The van der Waals surface area contributed by atoms with Crippen LogP contribution >= 0.6 is 0 Å². The summed E-state index contributed by atoms with van der Waals surface area (Å²) in [6.45, 7) is 9.36. The lowest BCUT2D eigenvalue weighted by molar-refractivity contribution is -0.137. The molecule has 19 heavy (non-hydrogen) atoms. The molecule has 0 fully saturated rings. The third-order valence-electron chi connectivity index (χ3n) is 3.09. The van der Waals surface area contributed by atoms with Gasteiger partial charge in [0.2, 0.25) is 0 Å². The predicted octanol–water partition coefficient (Wildman–Crippen LogP) is 3.64.